The Balaban J connectivity index is 1.32. The van der Waals surface area contributed by atoms with Crippen LogP contribution in [0.15, 0.2) is 113 Å². The molecule has 1 N–H and O–H groups in total. The first-order valence-corrected chi connectivity index (χ1v) is 16.9. The molecule has 4 aromatic rings. The lowest BCUT2D eigenvalue weighted by Crippen LogP contribution is -2.55. The molecule has 1 amide bonds. The van der Waals surface area contributed by atoms with E-state index in [1.807, 2.05) is 18.2 Å². The van der Waals surface area contributed by atoms with Crippen LogP contribution in [0.4, 0.5) is 4.79 Å². The van der Waals surface area contributed by atoms with Gasteiger partial charge in [-0.2, -0.15) is 0 Å². The van der Waals surface area contributed by atoms with Crippen molar-refractivity contribution < 1.29 is 19.4 Å². The van der Waals surface area contributed by atoms with E-state index in [9.17, 15) is 9.90 Å². The van der Waals surface area contributed by atoms with Crippen molar-refractivity contribution in [3.05, 3.63) is 125 Å². The average molecular weight is 628 g/mol. The Bertz CT molecular complexity index is 1460. The summed E-state index contributed by atoms with van der Waals surface area (Å²) in [5.74, 6) is 0.956. The summed E-state index contributed by atoms with van der Waals surface area (Å²) < 4.78 is 11.9. The van der Waals surface area contributed by atoms with Crippen LogP contribution >= 0.6 is 23.5 Å². The van der Waals surface area contributed by atoms with Gasteiger partial charge in [0.05, 0.1) is 19.8 Å². The maximum Gasteiger partial charge on any atom is 0.407 e. The van der Waals surface area contributed by atoms with Crippen LogP contribution in [-0.2, 0) is 11.3 Å². The molecule has 0 bridgehead atoms. The highest BCUT2D eigenvalue weighted by Gasteiger charge is 2.45. The maximum absolute atomic E-state index is 12.5. The van der Waals surface area contributed by atoms with Gasteiger partial charge in [-0.1, -0.05) is 77.9 Å². The van der Waals surface area contributed by atoms with Crippen molar-refractivity contribution >= 4 is 29.6 Å². The number of likely N-dealkylation sites (tertiary alicyclic amines) is 1. The Kier molecular flexibility index (Phi) is 11.3. The number of carboxylic acid groups (broad SMARTS) is 1. The van der Waals surface area contributed by atoms with Crippen LogP contribution in [0.5, 0.6) is 5.75 Å². The summed E-state index contributed by atoms with van der Waals surface area (Å²) in [4.78, 5) is 16.4. The fourth-order valence-corrected chi connectivity index (χ4v) is 8.46. The number of benzene rings is 4. The molecule has 0 saturated carbocycles. The van der Waals surface area contributed by atoms with Gasteiger partial charge in [0.15, 0.2) is 0 Å². The Morgan fingerprint density at radius 2 is 1.43 bits per heavy atom. The van der Waals surface area contributed by atoms with Gasteiger partial charge in [0.1, 0.15) is 5.75 Å². The summed E-state index contributed by atoms with van der Waals surface area (Å²) in [6.07, 6.45) is -0.0546. The lowest BCUT2D eigenvalue weighted by atomic mass is 9.85. The highest BCUT2D eigenvalue weighted by Crippen LogP contribution is 2.48. The van der Waals surface area contributed by atoms with Gasteiger partial charge >= 0.3 is 6.09 Å². The number of aryl methyl sites for hydroxylation is 2. The van der Waals surface area contributed by atoms with E-state index in [2.05, 4.69) is 106 Å². The van der Waals surface area contributed by atoms with E-state index < -0.39 is 6.09 Å². The quantitative estimate of drug-likeness (QED) is 0.158. The fourth-order valence-electron chi connectivity index (χ4n) is 5.57. The number of ether oxygens (including phenoxy) is 2. The molecular weight excluding hydrogens is 587 g/mol. The highest BCUT2D eigenvalue weighted by atomic mass is 32.2. The fraction of sp³-hybridized carbons (Fsp3) is 0.324. The first-order chi connectivity index (χ1) is 21.4. The van der Waals surface area contributed by atoms with Crippen LogP contribution in [0.1, 0.15) is 41.5 Å². The normalized spacial score (nSPS) is 19.9. The van der Waals surface area contributed by atoms with Gasteiger partial charge in [-0.3, -0.25) is 0 Å². The topological polar surface area (TPSA) is 59.0 Å². The molecule has 1 aliphatic heterocycles. The molecule has 1 aliphatic rings. The second kappa shape index (κ2) is 15.6. The molecule has 1 unspecified atom stereocenters. The summed E-state index contributed by atoms with van der Waals surface area (Å²) in [5, 5.41) is 10.3. The minimum Gasteiger partial charge on any atom is -0.494 e. The number of nitrogens with zero attached hydrogens (tertiary/aromatic N) is 1. The van der Waals surface area contributed by atoms with Crippen molar-refractivity contribution in [3.8, 4) is 5.75 Å². The third kappa shape index (κ3) is 8.62. The van der Waals surface area contributed by atoms with Crippen LogP contribution in [0.25, 0.3) is 0 Å². The first-order valence-electron chi connectivity index (χ1n) is 15.2. The molecule has 1 fully saturated rings. The Labute approximate surface area is 270 Å². The molecule has 4 aromatic carbocycles. The van der Waals surface area contributed by atoms with Crippen LogP contribution < -0.4 is 4.74 Å². The van der Waals surface area contributed by atoms with E-state index in [0.29, 0.717) is 26.4 Å². The smallest absolute Gasteiger partial charge is 0.407 e. The molecule has 44 heavy (non-hydrogen) atoms. The maximum atomic E-state index is 12.5. The second-order valence-corrected chi connectivity index (χ2v) is 13.9. The Morgan fingerprint density at radius 1 is 0.818 bits per heavy atom. The molecule has 0 spiro atoms. The van der Waals surface area contributed by atoms with Crippen LogP contribution in [0.2, 0.25) is 0 Å². The zero-order chi connectivity index (χ0) is 30.9. The predicted molar refractivity (Wildman–Crippen MR) is 181 cm³/mol. The number of amides is 1. The molecule has 4 atom stereocenters. The van der Waals surface area contributed by atoms with Gasteiger partial charge in [0, 0.05) is 45.2 Å². The second-order valence-electron chi connectivity index (χ2n) is 11.4. The first kappa shape index (κ1) is 32.0. The Morgan fingerprint density at radius 3 is 2.05 bits per heavy atom. The lowest BCUT2D eigenvalue weighted by Gasteiger charge is -2.47. The molecule has 5 nitrogen and oxygen atoms in total. The molecule has 0 radical (unpaired) electrons. The van der Waals surface area contributed by atoms with Gasteiger partial charge in [-0.15, -0.1) is 23.5 Å². The highest BCUT2D eigenvalue weighted by molar-refractivity contribution is 8.01. The van der Waals surface area contributed by atoms with Crippen molar-refractivity contribution in [2.45, 2.75) is 66.0 Å². The van der Waals surface area contributed by atoms with Gasteiger partial charge in [0.2, 0.25) is 0 Å². The SMILES string of the molecule is Cc1ccc(S[C@@H]2CN(C(=O)O)C(C)[C@H](Sc3ccc(C)cc3)[C@H]2c2ccc(OCCCOCc3ccccc3)cc2)cc1. The van der Waals surface area contributed by atoms with E-state index in [1.165, 1.54) is 22.3 Å². The molecule has 0 aliphatic carbocycles. The van der Waals surface area contributed by atoms with E-state index >= 15 is 0 Å². The number of piperidine rings is 1. The van der Waals surface area contributed by atoms with Gasteiger partial charge in [-0.25, -0.2) is 4.79 Å². The van der Waals surface area contributed by atoms with Crippen LogP contribution in [0, 0.1) is 13.8 Å². The zero-order valence-electron chi connectivity index (χ0n) is 25.6. The van der Waals surface area contributed by atoms with E-state index in [-0.39, 0.29) is 22.5 Å². The molecule has 230 valence electrons. The van der Waals surface area contributed by atoms with Crippen molar-refractivity contribution in [1.82, 2.24) is 4.90 Å². The van der Waals surface area contributed by atoms with E-state index in [4.69, 9.17) is 9.47 Å². The largest absolute Gasteiger partial charge is 0.494 e. The zero-order valence-corrected chi connectivity index (χ0v) is 27.2. The number of carbonyl (C=O) groups is 1. The minimum atomic E-state index is -0.864. The summed E-state index contributed by atoms with van der Waals surface area (Å²) in [7, 11) is 0. The number of thioether (sulfide) groups is 2. The monoisotopic (exact) mass is 627 g/mol. The van der Waals surface area contributed by atoms with Gasteiger partial charge in [-0.05, 0) is 68.3 Å². The number of rotatable bonds is 12. The average Bonchev–Trinajstić information content (AvgIpc) is 3.03. The third-order valence-corrected chi connectivity index (χ3v) is 10.8. The number of hydrogen-bond donors (Lipinski definition) is 1. The van der Waals surface area contributed by atoms with Crippen molar-refractivity contribution in [2.24, 2.45) is 0 Å². The lowest BCUT2D eigenvalue weighted by molar-refractivity contribution is 0.107. The van der Waals surface area contributed by atoms with Crippen molar-refractivity contribution in [2.75, 3.05) is 19.8 Å². The van der Waals surface area contributed by atoms with E-state index in [0.717, 1.165) is 22.0 Å². The number of hydrogen-bond acceptors (Lipinski definition) is 5. The van der Waals surface area contributed by atoms with Crippen LogP contribution in [-0.4, -0.2) is 52.4 Å². The van der Waals surface area contributed by atoms with E-state index in [1.54, 1.807) is 28.4 Å². The molecular formula is C37H41NO4S2. The summed E-state index contributed by atoms with van der Waals surface area (Å²) in [6, 6.07) is 35.5. The van der Waals surface area contributed by atoms with Crippen molar-refractivity contribution in [3.63, 3.8) is 0 Å². The van der Waals surface area contributed by atoms with Crippen LogP contribution in [0.3, 0.4) is 0 Å². The Hall–Kier alpha value is -3.39. The standard InChI is InChI=1S/C37H41NO4S2/c1-26-10-18-32(19-11-26)43-34-24-38(37(39)40)28(3)36(44-33-20-12-27(2)13-21-33)35(34)30-14-16-31(17-15-30)42-23-7-22-41-25-29-8-5-4-6-9-29/h4-6,8-21,28,34-36H,7,22-25H2,1-3H3,(H,39,40)/t28?,34-,35+,36+/m1/s1. The predicted octanol–water partition coefficient (Wildman–Crippen LogP) is 9.08. The molecule has 1 heterocycles. The molecule has 7 heteroatoms. The minimum absolute atomic E-state index is 0.0269. The molecule has 0 aromatic heterocycles. The van der Waals surface area contributed by atoms with Gasteiger partial charge in [0.25, 0.3) is 0 Å². The summed E-state index contributed by atoms with van der Waals surface area (Å²) >= 11 is 3.56. The molecule has 1 saturated heterocycles. The molecule has 5 rings (SSSR count). The summed E-state index contributed by atoms with van der Waals surface area (Å²) in [5.41, 5.74) is 4.79. The van der Waals surface area contributed by atoms with Crippen molar-refractivity contribution in [1.29, 1.82) is 0 Å². The third-order valence-electron chi connectivity index (χ3n) is 8.02. The summed E-state index contributed by atoms with van der Waals surface area (Å²) in [6.45, 7) is 8.52. The van der Waals surface area contributed by atoms with Gasteiger partial charge < -0.3 is 19.5 Å².